The number of carbonyl (C=O) groups excluding carboxylic acids is 1. The summed E-state index contributed by atoms with van der Waals surface area (Å²) in [5, 5.41) is 65.6. The van der Waals surface area contributed by atoms with Crippen LogP contribution < -0.4 is 0 Å². The number of aliphatic hydroxyl groups is 7. The Kier molecular flexibility index (Phi) is 7.06. The maximum atomic E-state index is 10.4. The highest BCUT2D eigenvalue weighted by Crippen LogP contribution is 2.23. The predicted octanol–water partition coefficient (Wildman–Crippen LogP) is -4.92. The molecule has 1 aliphatic rings. The molecule has 0 spiro atoms. The molecule has 0 aromatic rings. The zero-order valence-electron chi connectivity index (χ0n) is 11.0. The molecule has 124 valence electrons. The first-order valence-electron chi connectivity index (χ1n) is 6.25. The van der Waals surface area contributed by atoms with Gasteiger partial charge in [-0.15, -0.1) is 0 Å². The van der Waals surface area contributed by atoms with Gasteiger partial charge in [-0.05, 0) is 0 Å². The average Bonchev–Trinajstić information content (AvgIpc) is 2.50. The Balaban J connectivity index is 2.76. The van der Waals surface area contributed by atoms with Gasteiger partial charge in [-0.1, -0.05) is 0 Å². The van der Waals surface area contributed by atoms with Crippen molar-refractivity contribution in [2.45, 2.75) is 49.0 Å². The fraction of sp³-hybridized carbons (Fsp3) is 0.909. The molecule has 1 rings (SSSR count). The molecule has 0 aliphatic carbocycles. The lowest BCUT2D eigenvalue weighted by Crippen LogP contribution is -2.60. The molecule has 1 fully saturated rings. The number of hydrogen-bond acceptors (Lipinski definition) is 10. The number of ether oxygens (including phenoxy) is 2. The Hall–Kier alpha value is -0.690. The summed E-state index contributed by atoms with van der Waals surface area (Å²) in [5.41, 5.74) is 0. The van der Waals surface area contributed by atoms with Crippen molar-refractivity contribution in [3.05, 3.63) is 0 Å². The van der Waals surface area contributed by atoms with Crippen LogP contribution in [0.5, 0.6) is 0 Å². The minimum atomic E-state index is -1.83. The van der Waals surface area contributed by atoms with E-state index in [0.717, 1.165) is 0 Å². The Morgan fingerprint density at radius 3 is 2.19 bits per heavy atom. The van der Waals surface area contributed by atoms with Crippen molar-refractivity contribution in [3.8, 4) is 0 Å². The van der Waals surface area contributed by atoms with Gasteiger partial charge in [0.2, 0.25) is 0 Å². The smallest absolute Gasteiger partial charge is 0.187 e. The van der Waals surface area contributed by atoms with Crippen LogP contribution in [0.25, 0.3) is 0 Å². The van der Waals surface area contributed by atoms with Crippen LogP contribution in [0.1, 0.15) is 0 Å². The summed E-state index contributed by atoms with van der Waals surface area (Å²) in [5.74, 6) is 0. The molecule has 0 unspecified atom stereocenters. The average molecular weight is 312 g/mol. The topological polar surface area (TPSA) is 177 Å². The molecule has 0 aromatic carbocycles. The van der Waals surface area contributed by atoms with Crippen LogP contribution in [-0.4, -0.2) is 104 Å². The van der Waals surface area contributed by atoms with E-state index in [1.54, 1.807) is 0 Å². The Labute approximate surface area is 119 Å². The highest BCUT2D eigenvalue weighted by molar-refractivity contribution is 5.56. The largest absolute Gasteiger partial charge is 0.394 e. The molecule has 0 radical (unpaired) electrons. The maximum Gasteiger partial charge on any atom is 0.187 e. The van der Waals surface area contributed by atoms with Crippen LogP contribution in [0.15, 0.2) is 0 Å². The fourth-order valence-electron chi connectivity index (χ4n) is 1.88. The first kappa shape index (κ1) is 18.4. The van der Waals surface area contributed by atoms with E-state index in [-0.39, 0.29) is 6.29 Å². The van der Waals surface area contributed by atoms with E-state index in [1.165, 1.54) is 0 Å². The summed E-state index contributed by atoms with van der Waals surface area (Å²) in [6, 6.07) is 0. The molecule has 10 heteroatoms. The zero-order chi connectivity index (χ0) is 16.2. The second kappa shape index (κ2) is 8.08. The summed E-state index contributed by atoms with van der Waals surface area (Å²) in [4.78, 5) is 10.4. The van der Waals surface area contributed by atoms with Gasteiger partial charge < -0.3 is 50.0 Å². The third-order valence-electron chi connectivity index (χ3n) is 3.21. The number of aliphatic hydroxyl groups excluding tert-OH is 7. The standard InChI is InChI=1S/C11H20O10/c12-1-4(15)7(16)5(2-13)20-11-10(19)9(18)8(17)6(3-14)21-11/h1,4-11,13-19H,2-3H2/t4-,5+,6+,7+,8+,9-,10+,11+/m0/s1. The van der Waals surface area contributed by atoms with Gasteiger partial charge in [-0.25, -0.2) is 0 Å². The van der Waals surface area contributed by atoms with Gasteiger partial charge in [0.05, 0.1) is 13.2 Å². The van der Waals surface area contributed by atoms with E-state index < -0.39 is 62.2 Å². The fourth-order valence-corrected chi connectivity index (χ4v) is 1.88. The molecule has 0 amide bonds. The van der Waals surface area contributed by atoms with Gasteiger partial charge in [0, 0.05) is 0 Å². The van der Waals surface area contributed by atoms with E-state index in [1.807, 2.05) is 0 Å². The lowest BCUT2D eigenvalue weighted by Gasteiger charge is -2.41. The SMILES string of the molecule is O=C[C@H](O)[C@@H](O)[C@@H](CO)O[C@@H]1O[C@H](CO)[C@@H](O)[C@H](O)[C@H]1O. The van der Waals surface area contributed by atoms with Crippen LogP contribution in [0, 0.1) is 0 Å². The molecule has 1 saturated heterocycles. The molecule has 10 nitrogen and oxygen atoms in total. The highest BCUT2D eigenvalue weighted by atomic mass is 16.7. The van der Waals surface area contributed by atoms with Gasteiger partial charge in [-0.3, -0.25) is 0 Å². The van der Waals surface area contributed by atoms with Crippen LogP contribution in [0.2, 0.25) is 0 Å². The van der Waals surface area contributed by atoms with E-state index in [0.29, 0.717) is 0 Å². The van der Waals surface area contributed by atoms with Crippen molar-refractivity contribution < 1.29 is 50.0 Å². The molecule has 8 atom stereocenters. The van der Waals surface area contributed by atoms with Crippen molar-refractivity contribution in [2.24, 2.45) is 0 Å². The van der Waals surface area contributed by atoms with Gasteiger partial charge >= 0.3 is 0 Å². The molecular weight excluding hydrogens is 292 g/mol. The molecule has 7 N–H and O–H groups in total. The first-order valence-corrected chi connectivity index (χ1v) is 6.25. The van der Waals surface area contributed by atoms with Crippen LogP contribution >= 0.6 is 0 Å². The molecule has 21 heavy (non-hydrogen) atoms. The lowest BCUT2D eigenvalue weighted by atomic mass is 9.99. The first-order chi connectivity index (χ1) is 9.87. The molecule has 1 heterocycles. The minimum Gasteiger partial charge on any atom is -0.394 e. The van der Waals surface area contributed by atoms with Crippen LogP contribution in [0.3, 0.4) is 0 Å². The minimum absolute atomic E-state index is 0.0317. The highest BCUT2D eigenvalue weighted by Gasteiger charge is 2.45. The Morgan fingerprint density at radius 1 is 1.10 bits per heavy atom. The van der Waals surface area contributed by atoms with E-state index >= 15 is 0 Å². The predicted molar refractivity (Wildman–Crippen MR) is 63.8 cm³/mol. The summed E-state index contributed by atoms with van der Waals surface area (Å²) >= 11 is 0. The summed E-state index contributed by atoms with van der Waals surface area (Å²) in [6.07, 6.45) is -12.9. The molecule has 0 bridgehead atoms. The van der Waals surface area contributed by atoms with Gasteiger partial charge in [-0.2, -0.15) is 0 Å². The quantitative estimate of drug-likeness (QED) is 0.225. The van der Waals surface area contributed by atoms with Crippen LogP contribution in [0.4, 0.5) is 0 Å². The molecule has 0 aromatic heterocycles. The number of aldehydes is 1. The molecular formula is C11H20O10. The van der Waals surface area contributed by atoms with Gasteiger partial charge in [0.1, 0.15) is 42.7 Å². The second-order valence-corrected chi connectivity index (χ2v) is 4.67. The Morgan fingerprint density at radius 2 is 1.71 bits per heavy atom. The van der Waals surface area contributed by atoms with E-state index in [9.17, 15) is 30.3 Å². The van der Waals surface area contributed by atoms with Crippen LogP contribution in [-0.2, 0) is 14.3 Å². The van der Waals surface area contributed by atoms with Gasteiger partial charge in [0.25, 0.3) is 0 Å². The van der Waals surface area contributed by atoms with E-state index in [4.69, 9.17) is 19.7 Å². The number of hydrogen-bond donors (Lipinski definition) is 7. The molecule has 0 saturated carbocycles. The van der Waals surface area contributed by atoms with E-state index in [2.05, 4.69) is 0 Å². The Bertz CT molecular complexity index is 324. The third-order valence-corrected chi connectivity index (χ3v) is 3.21. The summed E-state index contributed by atoms with van der Waals surface area (Å²) in [7, 11) is 0. The molecule has 1 aliphatic heterocycles. The monoisotopic (exact) mass is 312 g/mol. The second-order valence-electron chi connectivity index (χ2n) is 4.67. The summed E-state index contributed by atoms with van der Waals surface area (Å²) < 4.78 is 10.0. The summed E-state index contributed by atoms with van der Waals surface area (Å²) in [6.45, 7) is -1.49. The van der Waals surface area contributed by atoms with Crippen molar-refractivity contribution >= 4 is 6.29 Å². The van der Waals surface area contributed by atoms with Crippen molar-refractivity contribution in [1.82, 2.24) is 0 Å². The lowest BCUT2D eigenvalue weighted by molar-refractivity contribution is -0.320. The third kappa shape index (κ3) is 4.16. The zero-order valence-corrected chi connectivity index (χ0v) is 11.0. The maximum absolute atomic E-state index is 10.4. The normalized spacial score (nSPS) is 37.8. The number of carbonyl (C=O) groups is 1. The van der Waals surface area contributed by atoms with Crippen molar-refractivity contribution in [2.75, 3.05) is 13.2 Å². The number of rotatable bonds is 7. The van der Waals surface area contributed by atoms with Crippen molar-refractivity contribution in [3.63, 3.8) is 0 Å². The van der Waals surface area contributed by atoms with Gasteiger partial charge in [0.15, 0.2) is 12.6 Å². The van der Waals surface area contributed by atoms with Crippen molar-refractivity contribution in [1.29, 1.82) is 0 Å².